The van der Waals surface area contributed by atoms with Crippen molar-refractivity contribution in [1.29, 1.82) is 5.26 Å². The molecule has 2 aromatic rings. The Morgan fingerprint density at radius 2 is 2.16 bits per heavy atom. The molecule has 1 aromatic carbocycles. The SMILES string of the molecule is CN1C(=O)[C@H](c2ccc(Cl)c(F)c2)[C@@](C)(c2ccc(C#N)s2)N=C1N. The van der Waals surface area contributed by atoms with Gasteiger partial charge in [0.15, 0.2) is 5.96 Å². The highest BCUT2D eigenvalue weighted by Gasteiger charge is 2.48. The van der Waals surface area contributed by atoms with Crippen molar-refractivity contribution in [3.63, 3.8) is 0 Å². The Morgan fingerprint density at radius 3 is 2.76 bits per heavy atom. The molecule has 0 radical (unpaired) electrons. The van der Waals surface area contributed by atoms with E-state index in [0.717, 1.165) is 0 Å². The molecule has 1 aliphatic heterocycles. The Kier molecular flexibility index (Phi) is 4.27. The summed E-state index contributed by atoms with van der Waals surface area (Å²) in [5.74, 6) is -1.63. The van der Waals surface area contributed by atoms with Crippen molar-refractivity contribution in [2.75, 3.05) is 7.05 Å². The molecule has 0 bridgehead atoms. The van der Waals surface area contributed by atoms with Crippen LogP contribution in [-0.2, 0) is 10.3 Å². The van der Waals surface area contributed by atoms with Crippen LogP contribution in [0.1, 0.15) is 28.2 Å². The quantitative estimate of drug-likeness (QED) is 0.873. The second kappa shape index (κ2) is 6.14. The first kappa shape index (κ1) is 17.4. The number of rotatable bonds is 2. The van der Waals surface area contributed by atoms with Crippen LogP contribution in [0, 0.1) is 17.1 Å². The van der Waals surface area contributed by atoms with Gasteiger partial charge in [-0.2, -0.15) is 5.26 Å². The van der Waals surface area contributed by atoms with Crippen molar-refractivity contribution in [1.82, 2.24) is 4.90 Å². The summed E-state index contributed by atoms with van der Waals surface area (Å²) in [7, 11) is 1.52. The Bertz CT molecular complexity index is 935. The first-order chi connectivity index (χ1) is 11.8. The standard InChI is InChI=1S/C17H14ClFN4OS/c1-17(13-6-4-10(8-20)25-13)14(15(24)23(2)16(21)22-17)9-3-5-11(18)12(19)7-9/h3-7,14H,1-2H3,(H2,21,22)/t14-,17+/m0/s1. The highest BCUT2D eigenvalue weighted by molar-refractivity contribution is 7.12. The Labute approximate surface area is 153 Å². The van der Waals surface area contributed by atoms with Gasteiger partial charge in [-0.3, -0.25) is 9.69 Å². The normalized spacial score (nSPS) is 23.3. The number of hydrogen-bond acceptors (Lipinski definition) is 5. The largest absolute Gasteiger partial charge is 0.369 e. The third-order valence-corrected chi connectivity index (χ3v) is 5.85. The smallest absolute Gasteiger partial charge is 0.239 e. The van der Waals surface area contributed by atoms with Crippen LogP contribution in [0.15, 0.2) is 35.3 Å². The van der Waals surface area contributed by atoms with Gasteiger partial charge in [0.05, 0.1) is 10.9 Å². The lowest BCUT2D eigenvalue weighted by Crippen LogP contribution is -2.52. The molecule has 0 saturated heterocycles. The number of thiophene rings is 1. The van der Waals surface area contributed by atoms with E-state index in [1.807, 2.05) is 0 Å². The van der Waals surface area contributed by atoms with Crippen LogP contribution >= 0.6 is 22.9 Å². The zero-order chi connectivity index (χ0) is 18.4. The number of carbonyl (C=O) groups is 1. The molecule has 0 fully saturated rings. The zero-order valence-corrected chi connectivity index (χ0v) is 15.0. The maximum absolute atomic E-state index is 14.0. The van der Waals surface area contributed by atoms with E-state index in [-0.39, 0.29) is 16.9 Å². The van der Waals surface area contributed by atoms with Gasteiger partial charge in [-0.15, -0.1) is 11.3 Å². The number of nitrogens with two attached hydrogens (primary N) is 1. The van der Waals surface area contributed by atoms with Gasteiger partial charge in [0, 0.05) is 11.9 Å². The fraction of sp³-hybridized carbons (Fsp3) is 0.235. The summed E-state index contributed by atoms with van der Waals surface area (Å²) in [4.78, 5) is 19.9. The molecule has 1 amide bonds. The summed E-state index contributed by atoms with van der Waals surface area (Å²) >= 11 is 7.00. The van der Waals surface area contributed by atoms with E-state index >= 15 is 0 Å². The Balaban J connectivity index is 2.22. The number of likely N-dealkylation sites (N-methyl/N-ethyl adjacent to an activating group) is 1. The summed E-state index contributed by atoms with van der Waals surface area (Å²) in [6.07, 6.45) is 0. The first-order valence-corrected chi connectivity index (χ1v) is 8.55. The topological polar surface area (TPSA) is 82.5 Å². The lowest BCUT2D eigenvalue weighted by atomic mass is 9.77. The van der Waals surface area contributed by atoms with Crippen LogP contribution in [-0.4, -0.2) is 23.8 Å². The predicted molar refractivity (Wildman–Crippen MR) is 94.9 cm³/mol. The molecule has 3 rings (SSSR count). The minimum absolute atomic E-state index is 0.0204. The van der Waals surface area contributed by atoms with Crippen molar-refractivity contribution in [2.24, 2.45) is 10.7 Å². The Hall–Kier alpha value is -2.43. The maximum atomic E-state index is 14.0. The number of carbonyl (C=O) groups excluding carboxylic acids is 1. The van der Waals surface area contributed by atoms with Gasteiger partial charge in [-0.1, -0.05) is 17.7 Å². The van der Waals surface area contributed by atoms with Crippen LogP contribution in [0.4, 0.5) is 4.39 Å². The zero-order valence-electron chi connectivity index (χ0n) is 13.5. The van der Waals surface area contributed by atoms with E-state index in [9.17, 15) is 9.18 Å². The van der Waals surface area contributed by atoms with E-state index in [1.165, 1.54) is 35.4 Å². The highest BCUT2D eigenvalue weighted by Crippen LogP contribution is 2.46. The molecule has 5 nitrogen and oxygen atoms in total. The summed E-state index contributed by atoms with van der Waals surface area (Å²) in [6, 6.07) is 9.75. The fourth-order valence-electron chi connectivity index (χ4n) is 2.95. The monoisotopic (exact) mass is 376 g/mol. The molecule has 2 heterocycles. The van der Waals surface area contributed by atoms with Crippen LogP contribution in [0.3, 0.4) is 0 Å². The second-order valence-corrected chi connectivity index (χ2v) is 7.39. The molecule has 2 atom stereocenters. The molecule has 1 aromatic heterocycles. The van der Waals surface area contributed by atoms with E-state index in [0.29, 0.717) is 15.3 Å². The predicted octanol–water partition coefficient (Wildman–Crippen LogP) is 3.20. The number of nitrogens with zero attached hydrogens (tertiary/aromatic N) is 3. The fourth-order valence-corrected chi connectivity index (χ4v) is 3.99. The molecular weight excluding hydrogens is 363 g/mol. The molecule has 0 saturated carbocycles. The number of amides is 1. The third kappa shape index (κ3) is 2.77. The number of benzene rings is 1. The van der Waals surface area contributed by atoms with Crippen molar-refractivity contribution in [2.45, 2.75) is 18.4 Å². The van der Waals surface area contributed by atoms with E-state index in [1.54, 1.807) is 25.1 Å². The van der Waals surface area contributed by atoms with E-state index in [4.69, 9.17) is 22.6 Å². The Morgan fingerprint density at radius 1 is 1.44 bits per heavy atom. The van der Waals surface area contributed by atoms with Gasteiger partial charge in [0.25, 0.3) is 0 Å². The average molecular weight is 377 g/mol. The number of halogens is 2. The summed E-state index contributed by atoms with van der Waals surface area (Å²) in [5.41, 5.74) is 5.32. The van der Waals surface area contributed by atoms with Gasteiger partial charge in [-0.05, 0) is 36.8 Å². The third-order valence-electron chi connectivity index (χ3n) is 4.32. The van der Waals surface area contributed by atoms with Gasteiger partial charge in [0.2, 0.25) is 5.91 Å². The van der Waals surface area contributed by atoms with Crippen LogP contribution in [0.5, 0.6) is 0 Å². The number of guanidine groups is 1. The van der Waals surface area contributed by atoms with E-state index < -0.39 is 17.3 Å². The molecule has 128 valence electrons. The number of nitriles is 1. The molecule has 8 heteroatoms. The van der Waals surface area contributed by atoms with Gasteiger partial charge in [-0.25, -0.2) is 9.38 Å². The van der Waals surface area contributed by atoms with E-state index in [2.05, 4.69) is 11.1 Å². The highest BCUT2D eigenvalue weighted by atomic mass is 35.5. The lowest BCUT2D eigenvalue weighted by molar-refractivity contribution is -0.130. The van der Waals surface area contributed by atoms with Crippen molar-refractivity contribution >= 4 is 34.8 Å². The molecule has 0 spiro atoms. The minimum Gasteiger partial charge on any atom is -0.369 e. The number of aliphatic imine (C=N–C) groups is 1. The lowest BCUT2D eigenvalue weighted by Gasteiger charge is -2.40. The molecule has 1 aliphatic rings. The molecular formula is C17H14ClFN4OS. The van der Waals surface area contributed by atoms with Crippen molar-refractivity contribution < 1.29 is 9.18 Å². The van der Waals surface area contributed by atoms with Crippen molar-refractivity contribution in [3.05, 3.63) is 56.5 Å². The van der Waals surface area contributed by atoms with Crippen molar-refractivity contribution in [3.8, 4) is 6.07 Å². The summed E-state index contributed by atoms with van der Waals surface area (Å²) in [5, 5.41) is 9.07. The number of hydrogen-bond donors (Lipinski definition) is 1. The molecule has 0 unspecified atom stereocenters. The molecule has 0 aliphatic carbocycles. The van der Waals surface area contributed by atoms with Crippen LogP contribution < -0.4 is 5.73 Å². The summed E-state index contributed by atoms with van der Waals surface area (Å²) < 4.78 is 14.0. The minimum atomic E-state index is -1.05. The van der Waals surface area contributed by atoms with Gasteiger partial charge in [0.1, 0.15) is 22.3 Å². The summed E-state index contributed by atoms with van der Waals surface area (Å²) in [6.45, 7) is 1.76. The molecule has 2 N–H and O–H groups in total. The first-order valence-electron chi connectivity index (χ1n) is 7.36. The average Bonchev–Trinajstić information content (AvgIpc) is 3.06. The molecule has 25 heavy (non-hydrogen) atoms. The second-order valence-electron chi connectivity index (χ2n) is 5.90. The van der Waals surface area contributed by atoms with Crippen LogP contribution in [0.2, 0.25) is 5.02 Å². The van der Waals surface area contributed by atoms with Gasteiger partial charge >= 0.3 is 0 Å². The van der Waals surface area contributed by atoms with Gasteiger partial charge < -0.3 is 5.73 Å². The van der Waals surface area contributed by atoms with Crippen LogP contribution in [0.25, 0.3) is 0 Å². The maximum Gasteiger partial charge on any atom is 0.239 e.